The van der Waals surface area contributed by atoms with Gasteiger partial charge in [0, 0.05) is 19.1 Å². The molecule has 1 heterocycles. The van der Waals surface area contributed by atoms with E-state index in [2.05, 4.69) is 5.32 Å². The molecule has 0 spiro atoms. The summed E-state index contributed by atoms with van der Waals surface area (Å²) in [6.45, 7) is 2.61. The maximum Gasteiger partial charge on any atom is 0.244 e. The van der Waals surface area contributed by atoms with Gasteiger partial charge in [0.15, 0.2) is 0 Å². The van der Waals surface area contributed by atoms with Crippen LogP contribution in [-0.4, -0.2) is 31.1 Å². The molecule has 1 aliphatic heterocycles. The molecule has 3 N–H and O–H groups in total. The lowest BCUT2D eigenvalue weighted by Gasteiger charge is -2.41. The molecule has 1 aromatic carbocycles. The van der Waals surface area contributed by atoms with Gasteiger partial charge >= 0.3 is 0 Å². The highest BCUT2D eigenvalue weighted by molar-refractivity contribution is 5.87. The van der Waals surface area contributed by atoms with Crippen molar-refractivity contribution in [3.05, 3.63) is 30.1 Å². The number of anilines is 1. The average Bonchev–Trinajstić information content (AvgIpc) is 2.33. The number of halogens is 1. The SMILES string of the molecule is CC1CNC(=O)C(CN)N1c1ccccc1F. The smallest absolute Gasteiger partial charge is 0.244 e. The Hall–Kier alpha value is -1.62. The molecule has 4 nitrogen and oxygen atoms in total. The first-order valence-electron chi connectivity index (χ1n) is 5.65. The zero-order chi connectivity index (χ0) is 12.4. The van der Waals surface area contributed by atoms with Crippen LogP contribution in [0.2, 0.25) is 0 Å². The highest BCUT2D eigenvalue weighted by Crippen LogP contribution is 2.24. The minimum absolute atomic E-state index is 0.0261. The second kappa shape index (κ2) is 4.71. The van der Waals surface area contributed by atoms with Crippen molar-refractivity contribution in [1.82, 2.24) is 5.32 Å². The number of rotatable bonds is 2. The molecule has 2 atom stereocenters. The third-order valence-corrected chi connectivity index (χ3v) is 3.04. The fourth-order valence-corrected chi connectivity index (χ4v) is 2.19. The number of para-hydroxylation sites is 1. The summed E-state index contributed by atoms with van der Waals surface area (Å²) < 4.78 is 13.8. The van der Waals surface area contributed by atoms with Gasteiger partial charge in [0.1, 0.15) is 11.9 Å². The minimum atomic E-state index is -0.504. The third kappa shape index (κ3) is 2.10. The Morgan fingerprint density at radius 2 is 2.24 bits per heavy atom. The molecule has 2 unspecified atom stereocenters. The van der Waals surface area contributed by atoms with Crippen molar-refractivity contribution in [3.63, 3.8) is 0 Å². The quantitative estimate of drug-likeness (QED) is 0.786. The molecule has 92 valence electrons. The standard InChI is InChI=1S/C12H16FN3O/c1-8-7-15-12(17)11(6-14)16(8)10-5-3-2-4-9(10)13/h2-5,8,11H,6-7,14H2,1H3,(H,15,17). The monoisotopic (exact) mass is 237 g/mol. The van der Waals surface area contributed by atoms with Crippen molar-refractivity contribution in [2.45, 2.75) is 19.0 Å². The van der Waals surface area contributed by atoms with E-state index in [1.54, 1.807) is 23.1 Å². The first kappa shape index (κ1) is 11.9. The van der Waals surface area contributed by atoms with E-state index in [4.69, 9.17) is 5.73 Å². The molecule has 1 saturated heterocycles. The highest BCUT2D eigenvalue weighted by Gasteiger charge is 2.34. The lowest BCUT2D eigenvalue weighted by molar-refractivity contribution is -0.123. The van der Waals surface area contributed by atoms with E-state index in [0.29, 0.717) is 12.2 Å². The van der Waals surface area contributed by atoms with Crippen molar-refractivity contribution < 1.29 is 9.18 Å². The molecule has 0 saturated carbocycles. The van der Waals surface area contributed by atoms with Gasteiger partial charge in [-0.2, -0.15) is 0 Å². The molecule has 0 aromatic heterocycles. The summed E-state index contributed by atoms with van der Waals surface area (Å²) in [5.41, 5.74) is 6.04. The third-order valence-electron chi connectivity index (χ3n) is 3.04. The van der Waals surface area contributed by atoms with Gasteiger partial charge in [-0.15, -0.1) is 0 Å². The summed E-state index contributed by atoms with van der Waals surface area (Å²) >= 11 is 0. The lowest BCUT2D eigenvalue weighted by Crippen LogP contribution is -2.62. The number of benzene rings is 1. The molecule has 0 radical (unpaired) electrons. The summed E-state index contributed by atoms with van der Waals surface area (Å²) in [5.74, 6) is -0.471. The molecule has 5 heteroatoms. The fourth-order valence-electron chi connectivity index (χ4n) is 2.19. The molecular formula is C12H16FN3O. The zero-order valence-electron chi connectivity index (χ0n) is 9.69. The Labute approximate surface area is 99.6 Å². The number of piperazine rings is 1. The van der Waals surface area contributed by atoms with Gasteiger partial charge in [-0.1, -0.05) is 12.1 Å². The van der Waals surface area contributed by atoms with Gasteiger partial charge in [0.05, 0.1) is 5.69 Å². The van der Waals surface area contributed by atoms with Crippen LogP contribution in [0.25, 0.3) is 0 Å². The van der Waals surface area contributed by atoms with Gasteiger partial charge in [-0.25, -0.2) is 4.39 Å². The van der Waals surface area contributed by atoms with E-state index in [0.717, 1.165) is 0 Å². The molecular weight excluding hydrogens is 221 g/mol. The van der Waals surface area contributed by atoms with E-state index in [9.17, 15) is 9.18 Å². The van der Waals surface area contributed by atoms with E-state index in [1.165, 1.54) is 6.07 Å². The van der Waals surface area contributed by atoms with E-state index < -0.39 is 6.04 Å². The molecule has 17 heavy (non-hydrogen) atoms. The van der Waals surface area contributed by atoms with Crippen molar-refractivity contribution in [1.29, 1.82) is 0 Å². The molecule has 1 fully saturated rings. The van der Waals surface area contributed by atoms with Crippen LogP contribution in [0.15, 0.2) is 24.3 Å². The average molecular weight is 237 g/mol. The second-order valence-electron chi connectivity index (χ2n) is 4.20. The van der Waals surface area contributed by atoms with Crippen LogP contribution in [0.4, 0.5) is 10.1 Å². The normalized spacial score (nSPS) is 24.6. The van der Waals surface area contributed by atoms with Gasteiger partial charge in [0.2, 0.25) is 5.91 Å². The Morgan fingerprint density at radius 3 is 2.88 bits per heavy atom. The highest BCUT2D eigenvalue weighted by atomic mass is 19.1. The van der Waals surface area contributed by atoms with Gasteiger partial charge in [-0.05, 0) is 19.1 Å². The molecule has 2 rings (SSSR count). The van der Waals surface area contributed by atoms with Crippen LogP contribution in [0.1, 0.15) is 6.92 Å². The van der Waals surface area contributed by atoms with Crippen LogP contribution in [0, 0.1) is 5.82 Å². The van der Waals surface area contributed by atoms with Gasteiger partial charge < -0.3 is 16.0 Å². The van der Waals surface area contributed by atoms with Crippen LogP contribution < -0.4 is 16.0 Å². The number of nitrogens with zero attached hydrogens (tertiary/aromatic N) is 1. The first-order chi connectivity index (χ1) is 8.15. The Kier molecular flexibility index (Phi) is 3.28. The summed E-state index contributed by atoms with van der Waals surface area (Å²) in [7, 11) is 0. The van der Waals surface area contributed by atoms with Crippen molar-refractivity contribution in [2.75, 3.05) is 18.0 Å². The van der Waals surface area contributed by atoms with Crippen LogP contribution >= 0.6 is 0 Å². The summed E-state index contributed by atoms with van der Waals surface area (Å²) in [4.78, 5) is 13.5. The molecule has 1 aliphatic rings. The number of carbonyl (C=O) groups excluding carboxylic acids is 1. The molecule has 0 bridgehead atoms. The number of hydrogen-bond acceptors (Lipinski definition) is 3. The Balaban J connectivity index is 2.39. The van der Waals surface area contributed by atoms with Crippen LogP contribution in [0.3, 0.4) is 0 Å². The second-order valence-corrected chi connectivity index (χ2v) is 4.20. The fraction of sp³-hybridized carbons (Fsp3) is 0.417. The topological polar surface area (TPSA) is 58.4 Å². The molecule has 0 aliphatic carbocycles. The van der Waals surface area contributed by atoms with E-state index in [-0.39, 0.29) is 24.3 Å². The van der Waals surface area contributed by atoms with Gasteiger partial charge in [0.25, 0.3) is 0 Å². The van der Waals surface area contributed by atoms with E-state index in [1.807, 2.05) is 6.92 Å². The number of amides is 1. The number of nitrogens with one attached hydrogen (secondary N) is 1. The minimum Gasteiger partial charge on any atom is -0.352 e. The summed E-state index contributed by atoms with van der Waals surface area (Å²) in [6.07, 6.45) is 0. The van der Waals surface area contributed by atoms with Crippen molar-refractivity contribution >= 4 is 11.6 Å². The van der Waals surface area contributed by atoms with Crippen LogP contribution in [-0.2, 0) is 4.79 Å². The maximum atomic E-state index is 13.8. The summed E-state index contributed by atoms with van der Waals surface area (Å²) in [6, 6.07) is 5.97. The Morgan fingerprint density at radius 1 is 1.53 bits per heavy atom. The van der Waals surface area contributed by atoms with Crippen molar-refractivity contribution in [2.24, 2.45) is 5.73 Å². The van der Waals surface area contributed by atoms with Gasteiger partial charge in [-0.3, -0.25) is 4.79 Å². The predicted molar refractivity (Wildman–Crippen MR) is 64.2 cm³/mol. The zero-order valence-corrected chi connectivity index (χ0v) is 9.69. The first-order valence-corrected chi connectivity index (χ1v) is 5.65. The molecule has 1 aromatic rings. The number of hydrogen-bond donors (Lipinski definition) is 2. The maximum absolute atomic E-state index is 13.8. The van der Waals surface area contributed by atoms with Crippen LogP contribution in [0.5, 0.6) is 0 Å². The Bertz CT molecular complexity index is 424. The molecule has 1 amide bonds. The predicted octanol–water partition coefficient (Wildman–Crippen LogP) is 0.478. The lowest BCUT2D eigenvalue weighted by atomic mass is 10.1. The summed E-state index contributed by atoms with van der Waals surface area (Å²) in [5, 5.41) is 2.77. The largest absolute Gasteiger partial charge is 0.352 e. The number of carbonyl (C=O) groups is 1. The number of nitrogens with two attached hydrogens (primary N) is 1. The van der Waals surface area contributed by atoms with Crippen molar-refractivity contribution in [3.8, 4) is 0 Å². The van der Waals surface area contributed by atoms with E-state index >= 15 is 0 Å².